The predicted octanol–water partition coefficient (Wildman–Crippen LogP) is 4.71. The van der Waals surface area contributed by atoms with Crippen molar-refractivity contribution < 1.29 is 9.13 Å². The monoisotopic (exact) mass is 260 g/mol. The molecule has 1 aliphatic carbocycles. The fourth-order valence-electron chi connectivity index (χ4n) is 2.30. The van der Waals surface area contributed by atoms with Crippen LogP contribution in [0.25, 0.3) is 0 Å². The molecular weight excluding hydrogens is 239 g/mol. The number of benzene rings is 1. The van der Waals surface area contributed by atoms with Gasteiger partial charge in [-0.05, 0) is 17.6 Å². The normalized spacial score (nSPS) is 21.1. The van der Waals surface area contributed by atoms with Crippen LogP contribution in [0.3, 0.4) is 0 Å². The van der Waals surface area contributed by atoms with E-state index in [9.17, 15) is 4.39 Å². The van der Waals surface area contributed by atoms with Crippen LogP contribution in [0.1, 0.15) is 25.0 Å². The Kier molecular flexibility index (Phi) is 5.25. The molecular formula is C17H21FO. The molecule has 0 fully saturated rings. The molecule has 1 aromatic rings. The van der Waals surface area contributed by atoms with E-state index in [1.165, 1.54) is 13.2 Å². The van der Waals surface area contributed by atoms with Gasteiger partial charge in [-0.1, -0.05) is 63.4 Å². The van der Waals surface area contributed by atoms with Crippen molar-refractivity contribution in [2.24, 2.45) is 0 Å². The molecule has 0 amide bonds. The summed E-state index contributed by atoms with van der Waals surface area (Å²) in [5, 5.41) is 0. The Bertz CT molecular complexity index is 502. The van der Waals surface area contributed by atoms with Crippen molar-refractivity contribution in [1.29, 1.82) is 0 Å². The van der Waals surface area contributed by atoms with E-state index in [1.54, 1.807) is 12.1 Å². The van der Waals surface area contributed by atoms with Crippen LogP contribution in [-0.4, -0.2) is 7.11 Å². The molecule has 0 radical (unpaired) electrons. The fourth-order valence-corrected chi connectivity index (χ4v) is 2.30. The first-order valence-electron chi connectivity index (χ1n) is 6.48. The first-order chi connectivity index (χ1) is 9.17. The largest absolute Gasteiger partial charge is 0.342 e. The van der Waals surface area contributed by atoms with Crippen LogP contribution in [0, 0.1) is 0 Å². The van der Waals surface area contributed by atoms with Crippen molar-refractivity contribution in [2.75, 3.05) is 7.11 Å². The third-order valence-electron chi connectivity index (χ3n) is 3.17. The van der Waals surface area contributed by atoms with E-state index >= 15 is 0 Å². The van der Waals surface area contributed by atoms with Crippen LogP contribution in [0.15, 0.2) is 60.7 Å². The summed E-state index contributed by atoms with van der Waals surface area (Å²) in [4.78, 5) is 0. The minimum atomic E-state index is -1.92. The zero-order chi connectivity index (χ0) is 14.5. The van der Waals surface area contributed by atoms with Crippen molar-refractivity contribution in [3.05, 3.63) is 71.8 Å². The number of rotatable bonds is 3. The highest BCUT2D eigenvalue weighted by molar-refractivity contribution is 5.51. The van der Waals surface area contributed by atoms with Crippen molar-refractivity contribution in [3.63, 3.8) is 0 Å². The number of halogens is 1. The maximum Gasteiger partial charge on any atom is 0.262 e. The molecule has 102 valence electrons. The van der Waals surface area contributed by atoms with E-state index in [1.807, 2.05) is 32.0 Å². The van der Waals surface area contributed by atoms with Gasteiger partial charge in [0.25, 0.3) is 5.85 Å². The molecule has 2 heteroatoms. The minimum absolute atomic E-state index is 0.453. The first-order valence-corrected chi connectivity index (χ1v) is 6.48. The second-order valence-corrected chi connectivity index (χ2v) is 3.98. The molecule has 1 atom stereocenters. The number of fused-ring (bicyclic) bond motifs is 1. The number of methoxy groups -OCH3 is 1. The Morgan fingerprint density at radius 2 is 1.84 bits per heavy atom. The first kappa shape index (κ1) is 15.4. The molecule has 1 unspecified atom stereocenters. The van der Waals surface area contributed by atoms with E-state index in [0.29, 0.717) is 17.6 Å². The minimum Gasteiger partial charge on any atom is -0.342 e. The Hall–Kier alpha value is -1.67. The summed E-state index contributed by atoms with van der Waals surface area (Å²) in [7, 11) is 1.37. The number of allylic oxidation sites excluding steroid dienone is 2. The van der Waals surface area contributed by atoms with E-state index in [0.717, 1.165) is 11.1 Å². The van der Waals surface area contributed by atoms with Gasteiger partial charge in [0.15, 0.2) is 0 Å². The SMILES string of the molecule is C=CC1=C(C=C)C(F)(OC)c2ccccc2C1.CC. The lowest BCUT2D eigenvalue weighted by atomic mass is 9.82. The van der Waals surface area contributed by atoms with Crippen LogP contribution >= 0.6 is 0 Å². The van der Waals surface area contributed by atoms with Gasteiger partial charge in [-0.2, -0.15) is 0 Å². The smallest absolute Gasteiger partial charge is 0.262 e. The molecule has 0 saturated heterocycles. The predicted molar refractivity (Wildman–Crippen MR) is 78.7 cm³/mol. The number of alkyl halides is 1. The summed E-state index contributed by atoms with van der Waals surface area (Å²) < 4.78 is 20.1. The molecule has 2 rings (SSSR count). The maximum absolute atomic E-state index is 15.0. The second kappa shape index (κ2) is 6.48. The number of hydrogen-bond donors (Lipinski definition) is 0. The Morgan fingerprint density at radius 3 is 2.37 bits per heavy atom. The second-order valence-electron chi connectivity index (χ2n) is 3.98. The number of ether oxygens (including phenoxy) is 1. The van der Waals surface area contributed by atoms with Gasteiger partial charge < -0.3 is 4.74 Å². The van der Waals surface area contributed by atoms with Crippen molar-refractivity contribution >= 4 is 0 Å². The zero-order valence-electron chi connectivity index (χ0n) is 11.9. The van der Waals surface area contributed by atoms with Gasteiger partial charge in [0.2, 0.25) is 0 Å². The lowest BCUT2D eigenvalue weighted by Gasteiger charge is -2.33. The molecule has 0 saturated carbocycles. The molecule has 0 heterocycles. The van der Waals surface area contributed by atoms with Gasteiger partial charge >= 0.3 is 0 Å². The Labute approximate surface area is 115 Å². The van der Waals surface area contributed by atoms with Gasteiger partial charge in [-0.25, -0.2) is 4.39 Å². The van der Waals surface area contributed by atoms with Crippen LogP contribution in [-0.2, 0) is 17.0 Å². The molecule has 0 bridgehead atoms. The third-order valence-corrected chi connectivity index (χ3v) is 3.17. The summed E-state index contributed by atoms with van der Waals surface area (Å²) >= 11 is 0. The van der Waals surface area contributed by atoms with Gasteiger partial charge in [-0.15, -0.1) is 0 Å². The topological polar surface area (TPSA) is 9.23 Å². The van der Waals surface area contributed by atoms with Crippen molar-refractivity contribution in [1.82, 2.24) is 0 Å². The van der Waals surface area contributed by atoms with E-state index in [2.05, 4.69) is 13.2 Å². The summed E-state index contributed by atoms with van der Waals surface area (Å²) in [6, 6.07) is 7.37. The lowest BCUT2D eigenvalue weighted by molar-refractivity contribution is -0.0953. The van der Waals surface area contributed by atoms with Gasteiger partial charge in [0.1, 0.15) is 0 Å². The quantitative estimate of drug-likeness (QED) is 0.765. The highest BCUT2D eigenvalue weighted by Crippen LogP contribution is 2.43. The molecule has 0 spiro atoms. The molecule has 0 aromatic heterocycles. The average Bonchev–Trinajstić information content (AvgIpc) is 2.49. The molecule has 1 aromatic carbocycles. The van der Waals surface area contributed by atoms with Crippen LogP contribution in [0.4, 0.5) is 4.39 Å². The van der Waals surface area contributed by atoms with E-state index in [4.69, 9.17) is 4.74 Å². The Balaban J connectivity index is 0.000000861. The van der Waals surface area contributed by atoms with Gasteiger partial charge in [0, 0.05) is 18.2 Å². The van der Waals surface area contributed by atoms with Crippen molar-refractivity contribution in [3.8, 4) is 0 Å². The highest BCUT2D eigenvalue weighted by atomic mass is 19.2. The summed E-state index contributed by atoms with van der Waals surface area (Å²) in [5.41, 5.74) is 2.76. The van der Waals surface area contributed by atoms with Crippen LogP contribution in [0.2, 0.25) is 0 Å². The van der Waals surface area contributed by atoms with E-state index in [-0.39, 0.29) is 0 Å². The molecule has 0 N–H and O–H groups in total. The summed E-state index contributed by atoms with van der Waals surface area (Å²) in [6.07, 6.45) is 3.84. The standard InChI is InChI=1S/C15H15FO.C2H6/c1-4-11-10-12-8-6-7-9-14(12)15(16,17-3)13(11)5-2;1-2/h4-9H,1-2,10H2,3H3;1-2H3. The van der Waals surface area contributed by atoms with Gasteiger partial charge in [-0.3, -0.25) is 0 Å². The Morgan fingerprint density at radius 1 is 1.21 bits per heavy atom. The van der Waals surface area contributed by atoms with Crippen molar-refractivity contribution in [2.45, 2.75) is 26.1 Å². The van der Waals surface area contributed by atoms with E-state index < -0.39 is 5.85 Å². The molecule has 1 nitrogen and oxygen atoms in total. The van der Waals surface area contributed by atoms with Crippen LogP contribution in [0.5, 0.6) is 0 Å². The third kappa shape index (κ3) is 2.54. The molecule has 0 aliphatic heterocycles. The molecule has 1 aliphatic rings. The molecule has 19 heavy (non-hydrogen) atoms. The maximum atomic E-state index is 15.0. The van der Waals surface area contributed by atoms with Crippen LogP contribution < -0.4 is 0 Å². The fraction of sp³-hybridized carbons (Fsp3) is 0.294. The summed E-state index contributed by atoms with van der Waals surface area (Å²) in [5.74, 6) is -1.92. The van der Waals surface area contributed by atoms with Gasteiger partial charge in [0.05, 0.1) is 0 Å². The average molecular weight is 260 g/mol. The lowest BCUT2D eigenvalue weighted by Crippen LogP contribution is -2.30. The number of hydrogen-bond acceptors (Lipinski definition) is 1. The zero-order valence-corrected chi connectivity index (χ0v) is 11.9. The highest BCUT2D eigenvalue weighted by Gasteiger charge is 2.41. The summed E-state index contributed by atoms with van der Waals surface area (Å²) in [6.45, 7) is 11.4.